The van der Waals surface area contributed by atoms with Gasteiger partial charge in [0.05, 0.1) is 4.92 Å². The molecule has 0 spiro atoms. The first-order valence-corrected chi connectivity index (χ1v) is 5.57. The Morgan fingerprint density at radius 3 is 2.16 bits per heavy atom. The van der Waals surface area contributed by atoms with Crippen LogP contribution in [0.1, 0.15) is 5.56 Å². The number of nitrogens with zero attached hydrogens (tertiary/aromatic N) is 2. The van der Waals surface area contributed by atoms with Gasteiger partial charge in [0.25, 0.3) is 11.2 Å². The van der Waals surface area contributed by atoms with Crippen LogP contribution < -0.4 is 0 Å². The van der Waals surface area contributed by atoms with Crippen molar-refractivity contribution in [3.05, 3.63) is 50.1 Å². The predicted molar refractivity (Wildman–Crippen MR) is 63.3 cm³/mol. The van der Waals surface area contributed by atoms with Gasteiger partial charge >= 0.3 is 0 Å². The Labute approximate surface area is 108 Å². The fourth-order valence-corrected chi connectivity index (χ4v) is 1.95. The van der Waals surface area contributed by atoms with E-state index in [1.165, 1.54) is 24.3 Å². The third kappa shape index (κ3) is 2.85. The van der Waals surface area contributed by atoms with Crippen LogP contribution in [0.25, 0.3) is 0 Å². The lowest BCUT2D eigenvalue weighted by Gasteiger charge is -2.28. The molecule has 0 unspecified atom stereocenters. The van der Waals surface area contributed by atoms with E-state index in [9.17, 15) is 20.2 Å². The number of hydrogen-bond acceptors (Lipinski definition) is 6. The van der Waals surface area contributed by atoms with E-state index >= 15 is 0 Å². The third-order valence-corrected chi connectivity index (χ3v) is 2.98. The molecule has 1 saturated heterocycles. The van der Waals surface area contributed by atoms with E-state index in [2.05, 4.69) is 0 Å². The van der Waals surface area contributed by atoms with E-state index in [4.69, 9.17) is 9.47 Å². The molecule has 2 rings (SSSR count). The van der Waals surface area contributed by atoms with Crippen LogP contribution in [0.4, 0.5) is 5.69 Å². The van der Waals surface area contributed by atoms with Crippen molar-refractivity contribution in [2.45, 2.75) is 12.0 Å². The molecule has 8 heteroatoms. The molecule has 1 fully saturated rings. The van der Waals surface area contributed by atoms with Crippen LogP contribution in [0.15, 0.2) is 24.3 Å². The molecule has 0 atom stereocenters. The molecular formula is C11H12N2O6. The van der Waals surface area contributed by atoms with Crippen molar-refractivity contribution < 1.29 is 19.3 Å². The summed E-state index contributed by atoms with van der Waals surface area (Å²) >= 11 is 0. The van der Waals surface area contributed by atoms with Crippen LogP contribution in [0.5, 0.6) is 0 Å². The van der Waals surface area contributed by atoms with Crippen molar-refractivity contribution in [3.8, 4) is 0 Å². The van der Waals surface area contributed by atoms with Crippen LogP contribution in [-0.4, -0.2) is 35.4 Å². The molecule has 1 heterocycles. The zero-order valence-electron chi connectivity index (χ0n) is 9.98. The third-order valence-electron chi connectivity index (χ3n) is 2.98. The van der Waals surface area contributed by atoms with Gasteiger partial charge in [0.1, 0.15) is 20.0 Å². The van der Waals surface area contributed by atoms with E-state index in [-0.39, 0.29) is 32.1 Å². The zero-order chi connectivity index (χ0) is 13.9. The molecule has 0 bridgehead atoms. The second-order valence-electron chi connectivity index (χ2n) is 4.40. The quantitative estimate of drug-likeness (QED) is 0.599. The second kappa shape index (κ2) is 5.29. The Hall–Kier alpha value is -2.06. The van der Waals surface area contributed by atoms with Crippen LogP contribution in [0.3, 0.4) is 0 Å². The lowest BCUT2D eigenvalue weighted by Crippen LogP contribution is -2.52. The van der Waals surface area contributed by atoms with Crippen molar-refractivity contribution in [1.82, 2.24) is 0 Å². The summed E-state index contributed by atoms with van der Waals surface area (Å²) in [6.45, 7) is -0.0101. The van der Waals surface area contributed by atoms with Crippen LogP contribution >= 0.6 is 0 Å². The molecule has 0 amide bonds. The minimum Gasteiger partial charge on any atom is -0.348 e. The summed E-state index contributed by atoms with van der Waals surface area (Å²) in [4.78, 5) is 20.8. The SMILES string of the molecule is O=[N+]([O-])c1ccc(CC2([N+](=O)[O-])COCOC2)cc1. The van der Waals surface area contributed by atoms with Gasteiger partial charge in [-0.2, -0.15) is 0 Å². The highest BCUT2D eigenvalue weighted by Crippen LogP contribution is 2.23. The van der Waals surface area contributed by atoms with Gasteiger partial charge in [-0.15, -0.1) is 0 Å². The highest BCUT2D eigenvalue weighted by atomic mass is 16.7. The number of nitro benzene ring substituents is 1. The maximum Gasteiger partial charge on any atom is 0.272 e. The largest absolute Gasteiger partial charge is 0.348 e. The van der Waals surface area contributed by atoms with Gasteiger partial charge in [0.2, 0.25) is 0 Å². The van der Waals surface area contributed by atoms with Crippen molar-refractivity contribution >= 4 is 5.69 Å². The summed E-state index contributed by atoms with van der Waals surface area (Å²) in [7, 11) is 0. The molecule has 102 valence electrons. The fraction of sp³-hybridized carbons (Fsp3) is 0.455. The average Bonchev–Trinajstić information content (AvgIpc) is 2.40. The summed E-state index contributed by atoms with van der Waals surface area (Å²) in [6.07, 6.45) is 0.109. The average molecular weight is 268 g/mol. The lowest BCUT2D eigenvalue weighted by atomic mass is 9.92. The Morgan fingerprint density at radius 2 is 1.68 bits per heavy atom. The molecule has 0 radical (unpaired) electrons. The van der Waals surface area contributed by atoms with Crippen LogP contribution in [-0.2, 0) is 15.9 Å². The van der Waals surface area contributed by atoms with Gasteiger partial charge in [-0.25, -0.2) is 0 Å². The fourth-order valence-electron chi connectivity index (χ4n) is 1.95. The molecule has 1 aliphatic rings. The molecule has 0 N–H and O–H groups in total. The molecule has 0 aromatic heterocycles. The first kappa shape index (κ1) is 13.4. The molecule has 1 aliphatic heterocycles. The minimum absolute atomic E-state index is 0.0308. The monoisotopic (exact) mass is 268 g/mol. The Balaban J connectivity index is 2.17. The van der Waals surface area contributed by atoms with E-state index in [1.807, 2.05) is 0 Å². The van der Waals surface area contributed by atoms with E-state index < -0.39 is 15.4 Å². The van der Waals surface area contributed by atoms with Gasteiger partial charge in [-0.05, 0) is 5.56 Å². The first-order chi connectivity index (χ1) is 9.03. The van der Waals surface area contributed by atoms with Crippen LogP contribution in [0, 0.1) is 20.2 Å². The highest BCUT2D eigenvalue weighted by Gasteiger charge is 2.46. The summed E-state index contributed by atoms with van der Waals surface area (Å²) in [6, 6.07) is 5.68. The second-order valence-corrected chi connectivity index (χ2v) is 4.40. The van der Waals surface area contributed by atoms with Gasteiger partial charge < -0.3 is 9.47 Å². The number of rotatable bonds is 4. The van der Waals surface area contributed by atoms with E-state index in [0.717, 1.165) is 0 Å². The van der Waals surface area contributed by atoms with Gasteiger partial charge in [-0.1, -0.05) is 12.1 Å². The maximum atomic E-state index is 11.2. The van der Waals surface area contributed by atoms with Crippen molar-refractivity contribution in [1.29, 1.82) is 0 Å². The van der Waals surface area contributed by atoms with E-state index in [0.29, 0.717) is 5.56 Å². The molecule has 0 aliphatic carbocycles. The number of non-ortho nitro benzene ring substituents is 1. The number of ether oxygens (including phenoxy) is 2. The number of nitro groups is 2. The van der Waals surface area contributed by atoms with Crippen molar-refractivity contribution in [2.24, 2.45) is 0 Å². The Morgan fingerprint density at radius 1 is 1.11 bits per heavy atom. The summed E-state index contributed by atoms with van der Waals surface area (Å²) in [5.74, 6) is 0. The van der Waals surface area contributed by atoms with Crippen LogP contribution in [0.2, 0.25) is 0 Å². The molecule has 1 aromatic carbocycles. The molecule has 19 heavy (non-hydrogen) atoms. The Kier molecular flexibility index (Phi) is 3.72. The first-order valence-electron chi connectivity index (χ1n) is 5.57. The van der Waals surface area contributed by atoms with Crippen molar-refractivity contribution in [3.63, 3.8) is 0 Å². The predicted octanol–water partition coefficient (Wildman–Crippen LogP) is 1.16. The van der Waals surface area contributed by atoms with Crippen molar-refractivity contribution in [2.75, 3.05) is 20.0 Å². The molecule has 8 nitrogen and oxygen atoms in total. The number of hydrogen-bond donors (Lipinski definition) is 0. The summed E-state index contributed by atoms with van der Waals surface area (Å²) in [5, 5.41) is 21.7. The van der Waals surface area contributed by atoms with E-state index in [1.54, 1.807) is 0 Å². The minimum atomic E-state index is -1.33. The Bertz CT molecular complexity index is 480. The molecular weight excluding hydrogens is 256 g/mol. The normalized spacial score (nSPS) is 17.9. The summed E-state index contributed by atoms with van der Waals surface area (Å²) in [5.41, 5.74) is -0.736. The van der Waals surface area contributed by atoms with Gasteiger partial charge in [0.15, 0.2) is 0 Å². The highest BCUT2D eigenvalue weighted by molar-refractivity contribution is 5.33. The van der Waals surface area contributed by atoms with Gasteiger partial charge in [-0.3, -0.25) is 20.2 Å². The molecule has 0 saturated carbocycles. The number of benzene rings is 1. The topological polar surface area (TPSA) is 105 Å². The lowest BCUT2D eigenvalue weighted by molar-refractivity contribution is -0.587. The molecule has 1 aromatic rings. The standard InChI is InChI=1S/C11H12N2O6/c14-12(15)10-3-1-9(2-4-10)5-11(13(16)17)6-18-8-19-7-11/h1-4H,5-8H2. The maximum absolute atomic E-state index is 11.2. The summed E-state index contributed by atoms with van der Waals surface area (Å²) < 4.78 is 10.0. The smallest absolute Gasteiger partial charge is 0.272 e. The zero-order valence-corrected chi connectivity index (χ0v) is 9.98. The van der Waals surface area contributed by atoms with Gasteiger partial charge in [0, 0.05) is 23.5 Å².